The van der Waals surface area contributed by atoms with Crippen molar-refractivity contribution in [2.24, 2.45) is 17.3 Å². The van der Waals surface area contributed by atoms with Crippen LogP contribution in [0.1, 0.15) is 59.3 Å². The Morgan fingerprint density at radius 1 is 1.26 bits per heavy atom. The molecule has 0 aromatic rings. The molecule has 1 saturated carbocycles. The smallest absolute Gasteiger partial charge is 0.309 e. The molecule has 2 atom stereocenters. The molecule has 110 valence electrons. The number of carboxylic acid groups (broad SMARTS) is 1. The molecule has 1 aliphatic heterocycles. The summed E-state index contributed by atoms with van der Waals surface area (Å²) < 4.78 is 0. The quantitative estimate of drug-likeness (QED) is 0.852. The second kappa shape index (κ2) is 5.82. The lowest BCUT2D eigenvalue weighted by Crippen LogP contribution is -2.48. The molecule has 0 radical (unpaired) electrons. The fourth-order valence-corrected chi connectivity index (χ4v) is 3.73. The first-order valence-electron chi connectivity index (χ1n) is 7.90. The van der Waals surface area contributed by atoms with Gasteiger partial charge in [0.05, 0.1) is 5.41 Å². The Morgan fingerprint density at radius 3 is 2.42 bits per heavy atom. The van der Waals surface area contributed by atoms with E-state index in [0.29, 0.717) is 6.04 Å². The van der Waals surface area contributed by atoms with Gasteiger partial charge in [0.25, 0.3) is 0 Å². The van der Waals surface area contributed by atoms with E-state index in [1.807, 2.05) is 6.92 Å². The average molecular weight is 267 g/mol. The lowest BCUT2D eigenvalue weighted by molar-refractivity contribution is -0.151. The Balaban J connectivity index is 1.89. The third-order valence-corrected chi connectivity index (χ3v) is 5.56. The van der Waals surface area contributed by atoms with E-state index >= 15 is 0 Å². The molecule has 0 bridgehead atoms. The maximum Gasteiger partial charge on any atom is 0.309 e. The van der Waals surface area contributed by atoms with E-state index in [1.165, 1.54) is 25.7 Å². The minimum atomic E-state index is -0.615. The Kier molecular flexibility index (Phi) is 4.54. The lowest BCUT2D eigenvalue weighted by Gasteiger charge is -2.44. The van der Waals surface area contributed by atoms with Crippen molar-refractivity contribution in [3.05, 3.63) is 0 Å². The van der Waals surface area contributed by atoms with E-state index in [-0.39, 0.29) is 0 Å². The average Bonchev–Trinajstić information content (AvgIpc) is 2.39. The molecule has 2 rings (SSSR count). The first kappa shape index (κ1) is 14.8. The Bertz CT molecular complexity index is 319. The molecule has 1 N–H and O–H groups in total. The van der Waals surface area contributed by atoms with E-state index in [1.54, 1.807) is 0 Å². The van der Waals surface area contributed by atoms with Crippen LogP contribution in [-0.4, -0.2) is 35.1 Å². The van der Waals surface area contributed by atoms with Gasteiger partial charge in [-0.2, -0.15) is 0 Å². The molecular formula is C16H29NO2. The van der Waals surface area contributed by atoms with E-state index in [9.17, 15) is 9.90 Å². The number of rotatable bonds is 3. The monoisotopic (exact) mass is 267 g/mol. The molecule has 2 unspecified atom stereocenters. The van der Waals surface area contributed by atoms with Crippen molar-refractivity contribution in [3.63, 3.8) is 0 Å². The molecule has 0 spiro atoms. The first-order chi connectivity index (χ1) is 8.92. The molecule has 1 aliphatic carbocycles. The predicted octanol–water partition coefficient (Wildman–Crippen LogP) is 3.39. The summed E-state index contributed by atoms with van der Waals surface area (Å²) in [6, 6.07) is 0.708. The number of hydrogen-bond donors (Lipinski definition) is 1. The third-order valence-electron chi connectivity index (χ3n) is 5.56. The highest BCUT2D eigenvalue weighted by Gasteiger charge is 2.39. The summed E-state index contributed by atoms with van der Waals surface area (Å²) in [5.41, 5.74) is -0.484. The minimum absolute atomic E-state index is 0.484. The van der Waals surface area contributed by atoms with Gasteiger partial charge in [-0.15, -0.1) is 0 Å². The van der Waals surface area contributed by atoms with Crippen molar-refractivity contribution < 1.29 is 9.90 Å². The molecule has 2 fully saturated rings. The van der Waals surface area contributed by atoms with Crippen LogP contribution in [0.3, 0.4) is 0 Å². The molecule has 0 amide bonds. The van der Waals surface area contributed by atoms with Crippen LogP contribution in [0.25, 0.3) is 0 Å². The van der Waals surface area contributed by atoms with E-state index < -0.39 is 11.4 Å². The Morgan fingerprint density at radius 2 is 1.89 bits per heavy atom. The summed E-state index contributed by atoms with van der Waals surface area (Å²) >= 11 is 0. The molecule has 1 heterocycles. The Labute approximate surface area is 117 Å². The Hall–Kier alpha value is -0.570. The third kappa shape index (κ3) is 3.31. The molecule has 0 aromatic heterocycles. The summed E-state index contributed by atoms with van der Waals surface area (Å²) in [7, 11) is 0. The maximum atomic E-state index is 11.3. The molecule has 1 saturated heterocycles. The van der Waals surface area contributed by atoms with Crippen molar-refractivity contribution in [2.75, 3.05) is 13.1 Å². The second-order valence-electron chi connectivity index (χ2n) is 7.23. The van der Waals surface area contributed by atoms with Gasteiger partial charge in [0, 0.05) is 6.04 Å². The highest BCUT2D eigenvalue weighted by molar-refractivity contribution is 5.74. The maximum absolute atomic E-state index is 11.3. The fourth-order valence-electron chi connectivity index (χ4n) is 3.73. The number of hydrogen-bond acceptors (Lipinski definition) is 2. The topological polar surface area (TPSA) is 40.5 Å². The molecule has 2 aliphatic rings. The SMILES string of the molecule is CC(C)C1CCCC(N2CCC(C)(C(=O)O)CC2)C1. The van der Waals surface area contributed by atoms with Crippen molar-refractivity contribution in [2.45, 2.75) is 65.3 Å². The number of carboxylic acids is 1. The lowest BCUT2D eigenvalue weighted by atomic mass is 9.76. The van der Waals surface area contributed by atoms with E-state index in [2.05, 4.69) is 18.7 Å². The number of carbonyl (C=O) groups is 1. The summed E-state index contributed by atoms with van der Waals surface area (Å²) in [5, 5.41) is 9.29. The van der Waals surface area contributed by atoms with E-state index in [0.717, 1.165) is 37.8 Å². The minimum Gasteiger partial charge on any atom is -0.481 e. The van der Waals surface area contributed by atoms with Gasteiger partial charge in [0.15, 0.2) is 0 Å². The van der Waals surface area contributed by atoms with Gasteiger partial charge >= 0.3 is 5.97 Å². The van der Waals surface area contributed by atoms with Crippen LogP contribution in [0.4, 0.5) is 0 Å². The summed E-state index contributed by atoms with van der Waals surface area (Å²) in [6.45, 7) is 8.52. The number of likely N-dealkylation sites (tertiary alicyclic amines) is 1. The van der Waals surface area contributed by atoms with Gasteiger partial charge in [-0.1, -0.05) is 26.7 Å². The summed E-state index contributed by atoms with van der Waals surface area (Å²) in [6.07, 6.45) is 6.99. The van der Waals surface area contributed by atoms with Gasteiger partial charge in [0.1, 0.15) is 0 Å². The van der Waals surface area contributed by atoms with Crippen molar-refractivity contribution in [1.82, 2.24) is 4.90 Å². The first-order valence-corrected chi connectivity index (χ1v) is 7.90. The standard InChI is InChI=1S/C16H29NO2/c1-12(2)13-5-4-6-14(11-13)17-9-7-16(3,8-10-17)15(18)19/h12-14H,4-11H2,1-3H3,(H,18,19). The van der Waals surface area contributed by atoms with Crippen molar-refractivity contribution >= 4 is 5.97 Å². The van der Waals surface area contributed by atoms with Crippen molar-refractivity contribution in [3.8, 4) is 0 Å². The molecule has 19 heavy (non-hydrogen) atoms. The van der Waals surface area contributed by atoms with Crippen LogP contribution in [0.5, 0.6) is 0 Å². The molecule has 3 heteroatoms. The van der Waals surface area contributed by atoms with Crippen LogP contribution >= 0.6 is 0 Å². The zero-order valence-electron chi connectivity index (χ0n) is 12.7. The summed E-state index contributed by atoms with van der Waals surface area (Å²) in [4.78, 5) is 13.9. The van der Waals surface area contributed by atoms with Crippen LogP contribution < -0.4 is 0 Å². The van der Waals surface area contributed by atoms with Gasteiger partial charge in [-0.25, -0.2) is 0 Å². The zero-order valence-corrected chi connectivity index (χ0v) is 12.7. The second-order valence-corrected chi connectivity index (χ2v) is 7.23. The zero-order chi connectivity index (χ0) is 14.0. The van der Waals surface area contributed by atoms with E-state index in [4.69, 9.17) is 0 Å². The number of nitrogens with zero attached hydrogens (tertiary/aromatic N) is 1. The van der Waals surface area contributed by atoms with Gasteiger partial charge < -0.3 is 10.0 Å². The highest BCUT2D eigenvalue weighted by atomic mass is 16.4. The van der Waals surface area contributed by atoms with Crippen LogP contribution in [0.15, 0.2) is 0 Å². The van der Waals surface area contributed by atoms with Gasteiger partial charge in [-0.3, -0.25) is 4.79 Å². The normalized spacial score (nSPS) is 32.4. The fraction of sp³-hybridized carbons (Fsp3) is 0.938. The van der Waals surface area contributed by atoms with Crippen LogP contribution in [-0.2, 0) is 4.79 Å². The van der Waals surface area contributed by atoms with Crippen LogP contribution in [0.2, 0.25) is 0 Å². The predicted molar refractivity (Wildman–Crippen MR) is 77.1 cm³/mol. The molecule has 0 aromatic carbocycles. The summed E-state index contributed by atoms with van der Waals surface area (Å²) in [5.74, 6) is 1.04. The largest absolute Gasteiger partial charge is 0.481 e. The molecule has 3 nitrogen and oxygen atoms in total. The van der Waals surface area contributed by atoms with Gasteiger partial charge in [0.2, 0.25) is 0 Å². The van der Waals surface area contributed by atoms with Gasteiger partial charge in [-0.05, 0) is 57.5 Å². The number of piperidine rings is 1. The van der Waals surface area contributed by atoms with Crippen LogP contribution in [0, 0.1) is 17.3 Å². The highest BCUT2D eigenvalue weighted by Crippen LogP contribution is 2.37. The van der Waals surface area contributed by atoms with Crippen molar-refractivity contribution in [1.29, 1.82) is 0 Å². The molecular weight excluding hydrogens is 238 g/mol. The number of aliphatic carboxylic acids is 1.